The fraction of sp³-hybridized carbons (Fsp3) is 1.00. The summed E-state index contributed by atoms with van der Waals surface area (Å²) in [5, 5.41) is 0. The highest BCUT2D eigenvalue weighted by atomic mass is 79.9. The first-order valence-corrected chi connectivity index (χ1v) is 7.52. The molecule has 1 saturated carbocycles. The fourth-order valence-electron chi connectivity index (χ4n) is 2.99. The van der Waals surface area contributed by atoms with Crippen LogP contribution in [0.4, 0.5) is 0 Å². The Labute approximate surface area is 102 Å². The highest BCUT2D eigenvalue weighted by Gasteiger charge is 2.20. The van der Waals surface area contributed by atoms with Gasteiger partial charge in [-0.3, -0.25) is 0 Å². The molecule has 0 aromatic carbocycles. The van der Waals surface area contributed by atoms with Gasteiger partial charge in [0.05, 0.1) is 6.10 Å². The molecular formula is C13H23BrO. The summed E-state index contributed by atoms with van der Waals surface area (Å²) in [6.07, 6.45) is 13.0. The molecular weight excluding hydrogens is 252 g/mol. The molecule has 1 heterocycles. The van der Waals surface area contributed by atoms with Crippen LogP contribution in [0.1, 0.15) is 57.8 Å². The van der Waals surface area contributed by atoms with Crippen LogP contribution < -0.4 is 0 Å². The lowest BCUT2D eigenvalue weighted by molar-refractivity contribution is 0.100. The zero-order valence-electron chi connectivity index (χ0n) is 9.59. The van der Waals surface area contributed by atoms with Crippen molar-refractivity contribution >= 4 is 15.9 Å². The van der Waals surface area contributed by atoms with Crippen molar-refractivity contribution < 1.29 is 4.74 Å². The molecule has 0 spiro atoms. The lowest BCUT2D eigenvalue weighted by Crippen LogP contribution is -2.15. The molecule has 0 bridgehead atoms. The first-order valence-electron chi connectivity index (χ1n) is 6.60. The SMILES string of the molecule is BrC1CCCC(CCCC2CCCO2)C1. The summed E-state index contributed by atoms with van der Waals surface area (Å²) in [6, 6.07) is 0. The van der Waals surface area contributed by atoms with Crippen molar-refractivity contribution in [2.24, 2.45) is 5.92 Å². The van der Waals surface area contributed by atoms with Gasteiger partial charge in [-0.2, -0.15) is 0 Å². The molecule has 2 heteroatoms. The van der Waals surface area contributed by atoms with E-state index in [1.807, 2.05) is 0 Å². The van der Waals surface area contributed by atoms with E-state index in [0.717, 1.165) is 17.4 Å². The monoisotopic (exact) mass is 274 g/mol. The van der Waals surface area contributed by atoms with Gasteiger partial charge in [-0.1, -0.05) is 41.6 Å². The molecule has 0 amide bonds. The number of halogens is 1. The minimum Gasteiger partial charge on any atom is -0.378 e. The topological polar surface area (TPSA) is 9.23 Å². The van der Waals surface area contributed by atoms with Gasteiger partial charge < -0.3 is 4.74 Å². The van der Waals surface area contributed by atoms with Crippen LogP contribution in [0.3, 0.4) is 0 Å². The molecule has 1 aliphatic carbocycles. The zero-order valence-corrected chi connectivity index (χ0v) is 11.2. The highest BCUT2D eigenvalue weighted by Crippen LogP contribution is 2.32. The average molecular weight is 275 g/mol. The lowest BCUT2D eigenvalue weighted by Gasteiger charge is -2.25. The first kappa shape index (κ1) is 11.9. The van der Waals surface area contributed by atoms with Crippen LogP contribution in [0.5, 0.6) is 0 Å². The van der Waals surface area contributed by atoms with Crippen LogP contribution >= 0.6 is 15.9 Å². The number of hydrogen-bond acceptors (Lipinski definition) is 1. The van der Waals surface area contributed by atoms with E-state index in [4.69, 9.17) is 4.74 Å². The molecule has 0 radical (unpaired) electrons. The van der Waals surface area contributed by atoms with Crippen LogP contribution in [-0.4, -0.2) is 17.5 Å². The van der Waals surface area contributed by atoms with E-state index in [1.54, 1.807) is 0 Å². The summed E-state index contributed by atoms with van der Waals surface area (Å²) < 4.78 is 5.65. The van der Waals surface area contributed by atoms with Gasteiger partial charge in [0.25, 0.3) is 0 Å². The van der Waals surface area contributed by atoms with E-state index >= 15 is 0 Å². The van der Waals surface area contributed by atoms with E-state index in [0.29, 0.717) is 6.10 Å². The fourth-order valence-corrected chi connectivity index (χ4v) is 3.85. The summed E-state index contributed by atoms with van der Waals surface area (Å²) in [4.78, 5) is 0.805. The van der Waals surface area contributed by atoms with Crippen molar-refractivity contribution in [2.45, 2.75) is 68.7 Å². The molecule has 2 fully saturated rings. The molecule has 0 aromatic rings. The van der Waals surface area contributed by atoms with Gasteiger partial charge in [0.1, 0.15) is 0 Å². The van der Waals surface area contributed by atoms with Crippen LogP contribution in [0.15, 0.2) is 0 Å². The minimum absolute atomic E-state index is 0.605. The third kappa shape index (κ3) is 4.07. The molecule has 0 N–H and O–H groups in total. The Kier molecular flexibility index (Phi) is 4.96. The van der Waals surface area contributed by atoms with Gasteiger partial charge >= 0.3 is 0 Å². The van der Waals surface area contributed by atoms with Crippen LogP contribution in [0, 0.1) is 5.92 Å². The van der Waals surface area contributed by atoms with Gasteiger partial charge in [0.2, 0.25) is 0 Å². The maximum absolute atomic E-state index is 5.65. The predicted octanol–water partition coefficient (Wildman–Crippen LogP) is 4.29. The van der Waals surface area contributed by atoms with E-state index in [1.165, 1.54) is 57.8 Å². The van der Waals surface area contributed by atoms with E-state index in [2.05, 4.69) is 15.9 Å². The van der Waals surface area contributed by atoms with Gasteiger partial charge in [0, 0.05) is 11.4 Å². The Hall–Kier alpha value is 0.440. The molecule has 3 unspecified atom stereocenters. The average Bonchev–Trinajstić information content (AvgIpc) is 2.71. The predicted molar refractivity (Wildman–Crippen MR) is 67.5 cm³/mol. The van der Waals surface area contributed by atoms with Crippen molar-refractivity contribution in [1.29, 1.82) is 0 Å². The third-order valence-electron chi connectivity index (χ3n) is 3.88. The second kappa shape index (κ2) is 6.24. The van der Waals surface area contributed by atoms with Crippen LogP contribution in [0.2, 0.25) is 0 Å². The molecule has 15 heavy (non-hydrogen) atoms. The van der Waals surface area contributed by atoms with Crippen molar-refractivity contribution in [1.82, 2.24) is 0 Å². The Bertz CT molecular complexity index is 177. The van der Waals surface area contributed by atoms with Crippen molar-refractivity contribution in [2.75, 3.05) is 6.61 Å². The summed E-state index contributed by atoms with van der Waals surface area (Å²) >= 11 is 3.76. The summed E-state index contributed by atoms with van der Waals surface area (Å²) in [7, 11) is 0. The summed E-state index contributed by atoms with van der Waals surface area (Å²) in [5.74, 6) is 0.990. The Morgan fingerprint density at radius 3 is 2.73 bits per heavy atom. The Morgan fingerprint density at radius 1 is 1.07 bits per heavy atom. The second-order valence-corrected chi connectivity index (χ2v) is 6.49. The van der Waals surface area contributed by atoms with E-state index in [9.17, 15) is 0 Å². The maximum atomic E-state index is 5.65. The molecule has 88 valence electrons. The van der Waals surface area contributed by atoms with Crippen molar-refractivity contribution in [3.8, 4) is 0 Å². The molecule has 2 rings (SSSR count). The molecule has 0 aromatic heterocycles. The van der Waals surface area contributed by atoms with Crippen molar-refractivity contribution in [3.05, 3.63) is 0 Å². The second-order valence-electron chi connectivity index (χ2n) is 5.20. The lowest BCUT2D eigenvalue weighted by atomic mass is 9.85. The molecule has 1 nitrogen and oxygen atoms in total. The normalized spacial score (nSPS) is 37.0. The van der Waals surface area contributed by atoms with Crippen LogP contribution in [-0.2, 0) is 4.74 Å². The molecule has 1 saturated heterocycles. The summed E-state index contributed by atoms with van der Waals surface area (Å²) in [6.45, 7) is 1.01. The van der Waals surface area contributed by atoms with Gasteiger partial charge in [-0.25, -0.2) is 0 Å². The number of rotatable bonds is 4. The van der Waals surface area contributed by atoms with Gasteiger partial charge in [-0.15, -0.1) is 0 Å². The molecule has 2 aliphatic rings. The quantitative estimate of drug-likeness (QED) is 0.695. The van der Waals surface area contributed by atoms with Crippen LogP contribution in [0.25, 0.3) is 0 Å². The third-order valence-corrected chi connectivity index (χ3v) is 4.71. The molecule has 3 atom stereocenters. The first-order chi connectivity index (χ1) is 7.34. The Balaban J connectivity index is 1.56. The zero-order chi connectivity index (χ0) is 10.5. The largest absolute Gasteiger partial charge is 0.378 e. The number of ether oxygens (including phenoxy) is 1. The van der Waals surface area contributed by atoms with Gasteiger partial charge in [-0.05, 0) is 38.0 Å². The summed E-state index contributed by atoms with van der Waals surface area (Å²) in [5.41, 5.74) is 0. The molecule has 1 aliphatic heterocycles. The van der Waals surface area contributed by atoms with E-state index < -0.39 is 0 Å². The highest BCUT2D eigenvalue weighted by molar-refractivity contribution is 9.09. The number of hydrogen-bond donors (Lipinski definition) is 0. The standard InChI is InChI=1S/C13H23BrO/c14-12-6-1-4-11(10-12)5-2-7-13-8-3-9-15-13/h11-13H,1-10H2. The van der Waals surface area contributed by atoms with Gasteiger partial charge in [0.15, 0.2) is 0 Å². The van der Waals surface area contributed by atoms with Crippen molar-refractivity contribution in [3.63, 3.8) is 0 Å². The Morgan fingerprint density at radius 2 is 2.00 bits per heavy atom. The maximum Gasteiger partial charge on any atom is 0.0576 e. The van der Waals surface area contributed by atoms with E-state index in [-0.39, 0.29) is 0 Å². The minimum atomic E-state index is 0.605. The smallest absolute Gasteiger partial charge is 0.0576 e. The number of alkyl halides is 1.